The van der Waals surface area contributed by atoms with Crippen LogP contribution in [0.15, 0.2) is 12.2 Å². The fourth-order valence-electron chi connectivity index (χ4n) is 3.18. The first-order chi connectivity index (χ1) is 10.6. The number of ether oxygens (including phenoxy) is 2. The van der Waals surface area contributed by atoms with Crippen LogP contribution in [0.1, 0.15) is 26.2 Å². The van der Waals surface area contributed by atoms with Gasteiger partial charge < -0.3 is 24.8 Å². The lowest BCUT2D eigenvalue weighted by Gasteiger charge is -2.36. The van der Waals surface area contributed by atoms with Gasteiger partial charge in [0.15, 0.2) is 0 Å². The molecule has 2 N–H and O–H groups in total. The molecule has 3 atom stereocenters. The maximum Gasteiger partial charge on any atom is 0.317 e. The van der Waals surface area contributed by atoms with Gasteiger partial charge in [-0.05, 0) is 26.2 Å². The van der Waals surface area contributed by atoms with Crippen LogP contribution < -0.4 is 5.32 Å². The highest BCUT2D eigenvalue weighted by Crippen LogP contribution is 2.29. The molecule has 2 aliphatic rings. The van der Waals surface area contributed by atoms with E-state index in [-0.39, 0.29) is 24.1 Å². The number of hydrogen-bond donors (Lipinski definition) is 2. The van der Waals surface area contributed by atoms with Gasteiger partial charge in [-0.1, -0.05) is 12.2 Å². The lowest BCUT2D eigenvalue weighted by Crippen LogP contribution is -2.51. The standard InChI is InChI=1S/C16H28N2O4/c1-12(2)10-22-9-6-17-16(20)18-7-3-4-14(18)13-11-21-8-5-15(13)19/h13-15,19H,1,3-11H2,2H3,(H,17,20)/t13-,14-,15-/m1/s1. The van der Waals surface area contributed by atoms with Crippen LogP contribution in [0.2, 0.25) is 0 Å². The van der Waals surface area contributed by atoms with Crippen LogP contribution in [0.3, 0.4) is 0 Å². The number of carbonyl (C=O) groups excluding carboxylic acids is 1. The highest BCUT2D eigenvalue weighted by Gasteiger charge is 2.39. The Hall–Kier alpha value is -1.11. The number of likely N-dealkylation sites (tertiary alicyclic amines) is 1. The van der Waals surface area contributed by atoms with Gasteiger partial charge in [-0.25, -0.2) is 4.79 Å². The topological polar surface area (TPSA) is 71.0 Å². The Morgan fingerprint density at radius 1 is 1.50 bits per heavy atom. The summed E-state index contributed by atoms with van der Waals surface area (Å²) in [6.07, 6.45) is 2.20. The van der Waals surface area contributed by atoms with Gasteiger partial charge in [0.1, 0.15) is 0 Å². The van der Waals surface area contributed by atoms with Crippen molar-refractivity contribution in [1.29, 1.82) is 0 Å². The summed E-state index contributed by atoms with van der Waals surface area (Å²) in [6.45, 7) is 9.05. The van der Waals surface area contributed by atoms with E-state index in [0.29, 0.717) is 39.4 Å². The average Bonchev–Trinajstić information content (AvgIpc) is 2.96. The zero-order chi connectivity index (χ0) is 15.9. The number of rotatable bonds is 6. The van der Waals surface area contributed by atoms with E-state index in [4.69, 9.17) is 9.47 Å². The number of hydrogen-bond acceptors (Lipinski definition) is 4. The molecule has 0 aromatic heterocycles. The molecular weight excluding hydrogens is 284 g/mol. The molecule has 2 saturated heterocycles. The van der Waals surface area contributed by atoms with Crippen LogP contribution in [-0.2, 0) is 9.47 Å². The van der Waals surface area contributed by atoms with Crippen LogP contribution in [0.4, 0.5) is 4.79 Å². The normalized spacial score (nSPS) is 28.6. The SMILES string of the molecule is C=C(C)COCCNC(=O)N1CCC[C@@H]1[C@H]1COCC[C@H]1O. The van der Waals surface area contributed by atoms with E-state index in [1.807, 2.05) is 11.8 Å². The molecular formula is C16H28N2O4. The molecule has 0 spiro atoms. The van der Waals surface area contributed by atoms with Gasteiger partial charge >= 0.3 is 6.03 Å². The predicted octanol–water partition coefficient (Wildman–Crippen LogP) is 1.15. The van der Waals surface area contributed by atoms with E-state index in [2.05, 4.69) is 11.9 Å². The number of amides is 2. The number of aliphatic hydroxyl groups excluding tert-OH is 1. The number of carbonyl (C=O) groups is 1. The first-order valence-corrected chi connectivity index (χ1v) is 8.12. The minimum atomic E-state index is -0.369. The summed E-state index contributed by atoms with van der Waals surface area (Å²) in [7, 11) is 0. The van der Waals surface area contributed by atoms with Crippen molar-refractivity contribution in [2.75, 3.05) is 39.5 Å². The van der Waals surface area contributed by atoms with Gasteiger partial charge in [0.05, 0.1) is 25.9 Å². The van der Waals surface area contributed by atoms with Crippen molar-refractivity contribution in [3.05, 3.63) is 12.2 Å². The number of nitrogens with one attached hydrogen (secondary N) is 1. The summed E-state index contributed by atoms with van der Waals surface area (Å²) in [5, 5.41) is 13.1. The molecule has 0 aliphatic carbocycles. The molecule has 22 heavy (non-hydrogen) atoms. The highest BCUT2D eigenvalue weighted by atomic mass is 16.5. The van der Waals surface area contributed by atoms with Gasteiger partial charge in [0, 0.05) is 31.7 Å². The minimum absolute atomic E-state index is 0.0293. The van der Waals surface area contributed by atoms with Gasteiger partial charge in [0.2, 0.25) is 0 Å². The third-order valence-corrected chi connectivity index (χ3v) is 4.29. The second kappa shape index (κ2) is 8.50. The van der Waals surface area contributed by atoms with Gasteiger partial charge in [-0.3, -0.25) is 0 Å². The number of aliphatic hydroxyl groups is 1. The van der Waals surface area contributed by atoms with E-state index in [1.54, 1.807) is 0 Å². The Morgan fingerprint density at radius 3 is 3.05 bits per heavy atom. The van der Waals surface area contributed by atoms with Crippen LogP contribution in [-0.4, -0.2) is 67.7 Å². The van der Waals surface area contributed by atoms with Crippen molar-refractivity contribution in [2.45, 2.75) is 38.3 Å². The van der Waals surface area contributed by atoms with Crippen molar-refractivity contribution in [1.82, 2.24) is 10.2 Å². The van der Waals surface area contributed by atoms with E-state index in [9.17, 15) is 9.90 Å². The Labute approximate surface area is 132 Å². The Bertz CT molecular complexity index is 388. The summed E-state index contributed by atoms with van der Waals surface area (Å²) in [6, 6.07) is 0.00540. The summed E-state index contributed by atoms with van der Waals surface area (Å²) < 4.78 is 10.9. The molecule has 2 fully saturated rings. The molecule has 0 saturated carbocycles. The fraction of sp³-hybridized carbons (Fsp3) is 0.812. The van der Waals surface area contributed by atoms with Crippen molar-refractivity contribution in [3.63, 3.8) is 0 Å². The molecule has 0 aromatic carbocycles. The highest BCUT2D eigenvalue weighted by molar-refractivity contribution is 5.74. The summed E-state index contributed by atoms with van der Waals surface area (Å²) in [5.74, 6) is 0.0293. The molecule has 2 aliphatic heterocycles. The second-order valence-electron chi connectivity index (χ2n) is 6.24. The Kier molecular flexibility index (Phi) is 6.67. The predicted molar refractivity (Wildman–Crippen MR) is 83.7 cm³/mol. The van der Waals surface area contributed by atoms with Crippen molar-refractivity contribution < 1.29 is 19.4 Å². The van der Waals surface area contributed by atoms with Gasteiger partial charge in [-0.2, -0.15) is 0 Å². The maximum absolute atomic E-state index is 12.3. The van der Waals surface area contributed by atoms with E-state index < -0.39 is 0 Å². The van der Waals surface area contributed by atoms with Crippen LogP contribution in [0.5, 0.6) is 0 Å². The monoisotopic (exact) mass is 312 g/mol. The zero-order valence-corrected chi connectivity index (χ0v) is 13.4. The number of urea groups is 1. The fourth-order valence-corrected chi connectivity index (χ4v) is 3.18. The van der Waals surface area contributed by atoms with Gasteiger partial charge in [-0.15, -0.1) is 0 Å². The molecule has 6 heteroatoms. The summed E-state index contributed by atoms with van der Waals surface area (Å²) in [4.78, 5) is 14.2. The van der Waals surface area contributed by atoms with E-state index in [0.717, 1.165) is 25.0 Å². The average molecular weight is 312 g/mol. The largest absolute Gasteiger partial charge is 0.393 e. The van der Waals surface area contributed by atoms with Crippen molar-refractivity contribution in [3.8, 4) is 0 Å². The quantitative estimate of drug-likeness (QED) is 0.570. The summed E-state index contributed by atoms with van der Waals surface area (Å²) >= 11 is 0. The third kappa shape index (κ3) is 4.69. The third-order valence-electron chi connectivity index (χ3n) is 4.29. The minimum Gasteiger partial charge on any atom is -0.393 e. The molecule has 2 amide bonds. The maximum atomic E-state index is 12.3. The summed E-state index contributed by atoms with van der Waals surface area (Å²) in [5.41, 5.74) is 0.970. The first-order valence-electron chi connectivity index (χ1n) is 8.12. The molecule has 0 bridgehead atoms. The van der Waals surface area contributed by atoms with E-state index in [1.165, 1.54) is 0 Å². The molecule has 0 unspecified atom stereocenters. The lowest BCUT2D eigenvalue weighted by atomic mass is 9.89. The smallest absolute Gasteiger partial charge is 0.317 e. The molecule has 2 rings (SSSR count). The Balaban J connectivity index is 1.77. The molecule has 0 radical (unpaired) electrons. The lowest BCUT2D eigenvalue weighted by molar-refractivity contribution is -0.0576. The molecule has 6 nitrogen and oxygen atoms in total. The second-order valence-corrected chi connectivity index (χ2v) is 6.24. The van der Waals surface area contributed by atoms with Crippen LogP contribution in [0, 0.1) is 5.92 Å². The van der Waals surface area contributed by atoms with Gasteiger partial charge in [0.25, 0.3) is 0 Å². The first kappa shape index (κ1) is 17.2. The van der Waals surface area contributed by atoms with E-state index >= 15 is 0 Å². The van der Waals surface area contributed by atoms with Crippen molar-refractivity contribution in [2.24, 2.45) is 5.92 Å². The number of nitrogens with zero attached hydrogens (tertiary/aromatic N) is 1. The van der Waals surface area contributed by atoms with Crippen LogP contribution in [0.25, 0.3) is 0 Å². The molecule has 2 heterocycles. The van der Waals surface area contributed by atoms with Crippen LogP contribution >= 0.6 is 0 Å². The Morgan fingerprint density at radius 2 is 2.32 bits per heavy atom. The zero-order valence-electron chi connectivity index (χ0n) is 13.4. The molecule has 0 aromatic rings. The van der Waals surface area contributed by atoms with Crippen molar-refractivity contribution >= 4 is 6.03 Å². The molecule has 126 valence electrons.